The third kappa shape index (κ3) is 4.00. The first-order valence-electron chi connectivity index (χ1n) is 7.14. The lowest BCUT2D eigenvalue weighted by Crippen LogP contribution is -2.16. The molecule has 0 bridgehead atoms. The highest BCUT2D eigenvalue weighted by atomic mass is 35.5. The summed E-state index contributed by atoms with van der Waals surface area (Å²) in [7, 11) is 0. The molecule has 0 aliphatic carbocycles. The monoisotopic (exact) mass is 357 g/mol. The van der Waals surface area contributed by atoms with Gasteiger partial charge >= 0.3 is 6.18 Å². The molecule has 0 unspecified atom stereocenters. The van der Waals surface area contributed by atoms with Crippen LogP contribution in [0.5, 0.6) is 5.75 Å². The summed E-state index contributed by atoms with van der Waals surface area (Å²) < 4.78 is 44.1. The van der Waals surface area contributed by atoms with Crippen molar-refractivity contribution in [3.63, 3.8) is 0 Å². The number of halogens is 4. The van der Waals surface area contributed by atoms with Gasteiger partial charge in [-0.3, -0.25) is 4.79 Å². The van der Waals surface area contributed by atoms with Crippen LogP contribution in [0.15, 0.2) is 36.4 Å². The summed E-state index contributed by atoms with van der Waals surface area (Å²) >= 11 is 5.57. The van der Waals surface area contributed by atoms with E-state index in [4.69, 9.17) is 16.3 Å². The molecule has 2 aromatic rings. The molecule has 1 N–H and O–H groups in total. The minimum atomic E-state index is -4.60. The third-order valence-electron chi connectivity index (χ3n) is 3.29. The van der Waals surface area contributed by atoms with Crippen molar-refractivity contribution < 1.29 is 22.7 Å². The molecule has 0 saturated carbocycles. The van der Waals surface area contributed by atoms with Gasteiger partial charge in [-0.25, -0.2) is 0 Å². The Morgan fingerprint density at radius 1 is 1.25 bits per heavy atom. The summed E-state index contributed by atoms with van der Waals surface area (Å²) in [4.78, 5) is 12.5. The van der Waals surface area contributed by atoms with Gasteiger partial charge in [0, 0.05) is 5.69 Å². The van der Waals surface area contributed by atoms with Gasteiger partial charge < -0.3 is 10.1 Å². The van der Waals surface area contributed by atoms with Crippen LogP contribution in [0.1, 0.15) is 28.4 Å². The largest absolute Gasteiger partial charge is 0.493 e. The second-order valence-corrected chi connectivity index (χ2v) is 5.43. The van der Waals surface area contributed by atoms with Crippen molar-refractivity contribution in [3.8, 4) is 5.75 Å². The summed E-state index contributed by atoms with van der Waals surface area (Å²) in [6.45, 7) is 3.86. The first-order chi connectivity index (χ1) is 11.2. The molecule has 0 fully saturated rings. The molecule has 1 amide bonds. The molecule has 2 rings (SSSR count). The smallest absolute Gasteiger partial charge is 0.417 e. The molecule has 0 atom stereocenters. The molecule has 3 nitrogen and oxygen atoms in total. The minimum absolute atomic E-state index is 0.00225. The number of hydrogen-bond acceptors (Lipinski definition) is 2. The number of aryl methyl sites for hydroxylation is 1. The van der Waals surface area contributed by atoms with Crippen molar-refractivity contribution in [1.29, 1.82) is 0 Å². The average molecular weight is 358 g/mol. The molecule has 0 saturated heterocycles. The number of carbonyl (C=O) groups is 1. The second kappa shape index (κ2) is 7.13. The number of anilines is 1. The number of alkyl halides is 3. The van der Waals surface area contributed by atoms with Crippen LogP contribution in [0.3, 0.4) is 0 Å². The Labute approximate surface area is 142 Å². The Hall–Kier alpha value is -2.21. The Balaban J connectivity index is 2.35. The maximum Gasteiger partial charge on any atom is 0.417 e. The fourth-order valence-corrected chi connectivity index (χ4v) is 2.45. The lowest BCUT2D eigenvalue weighted by atomic mass is 10.1. The lowest BCUT2D eigenvalue weighted by molar-refractivity contribution is -0.137. The van der Waals surface area contributed by atoms with E-state index in [2.05, 4.69) is 5.32 Å². The van der Waals surface area contributed by atoms with Crippen LogP contribution < -0.4 is 10.1 Å². The first kappa shape index (κ1) is 18.1. The summed E-state index contributed by atoms with van der Waals surface area (Å²) in [5, 5.41) is 2.04. The average Bonchev–Trinajstić information content (AvgIpc) is 2.48. The molecule has 0 aromatic heterocycles. The zero-order valence-corrected chi connectivity index (χ0v) is 13.8. The van der Waals surface area contributed by atoms with Crippen LogP contribution in [0, 0.1) is 6.92 Å². The van der Waals surface area contributed by atoms with E-state index in [9.17, 15) is 18.0 Å². The van der Waals surface area contributed by atoms with Crippen molar-refractivity contribution in [3.05, 3.63) is 58.1 Å². The Bertz CT molecular complexity index is 760. The van der Waals surface area contributed by atoms with Crippen LogP contribution >= 0.6 is 11.6 Å². The Morgan fingerprint density at radius 2 is 1.96 bits per heavy atom. The van der Waals surface area contributed by atoms with Gasteiger partial charge in [0.2, 0.25) is 0 Å². The molecule has 0 spiro atoms. The van der Waals surface area contributed by atoms with Gasteiger partial charge in [0.1, 0.15) is 5.75 Å². The van der Waals surface area contributed by atoms with Crippen LogP contribution in [0.2, 0.25) is 5.02 Å². The fraction of sp³-hybridized carbons (Fsp3) is 0.235. The van der Waals surface area contributed by atoms with Gasteiger partial charge in [0.25, 0.3) is 5.91 Å². The predicted molar refractivity (Wildman–Crippen MR) is 86.8 cm³/mol. The van der Waals surface area contributed by atoms with Gasteiger partial charge in [0.15, 0.2) is 0 Å². The molecule has 2 aromatic carbocycles. The number of ether oxygens (including phenoxy) is 1. The van der Waals surface area contributed by atoms with Crippen LogP contribution in [-0.4, -0.2) is 12.5 Å². The summed E-state index contributed by atoms with van der Waals surface area (Å²) in [5.41, 5.74) is -0.0643. The van der Waals surface area contributed by atoms with Crippen molar-refractivity contribution in [2.45, 2.75) is 20.0 Å². The standard InChI is InChI=1S/C17H15ClF3NO2/c1-3-24-14-6-4-5-10(2)15(14)16(23)22-11-7-8-13(18)12(9-11)17(19,20)21/h4-9H,3H2,1-2H3,(H,22,23). The maximum absolute atomic E-state index is 12.9. The molecular weight excluding hydrogens is 343 g/mol. The van der Waals surface area contributed by atoms with Crippen molar-refractivity contribution in [2.24, 2.45) is 0 Å². The zero-order valence-electron chi connectivity index (χ0n) is 13.0. The summed E-state index contributed by atoms with van der Waals surface area (Å²) in [5.74, 6) is -0.174. The third-order valence-corrected chi connectivity index (χ3v) is 3.62. The molecule has 0 aliphatic heterocycles. The van der Waals surface area contributed by atoms with Gasteiger partial charge in [-0.2, -0.15) is 13.2 Å². The lowest BCUT2D eigenvalue weighted by Gasteiger charge is -2.14. The van der Waals surface area contributed by atoms with E-state index in [1.165, 1.54) is 6.07 Å². The van der Waals surface area contributed by atoms with Gasteiger partial charge in [-0.15, -0.1) is 0 Å². The van der Waals surface area contributed by atoms with Gasteiger partial charge in [0.05, 0.1) is 22.8 Å². The van der Waals surface area contributed by atoms with E-state index in [-0.39, 0.29) is 11.3 Å². The molecule has 128 valence electrons. The summed E-state index contributed by atoms with van der Waals surface area (Å²) in [6, 6.07) is 8.31. The Morgan fingerprint density at radius 3 is 2.58 bits per heavy atom. The SMILES string of the molecule is CCOc1cccc(C)c1C(=O)Nc1ccc(Cl)c(C(F)(F)F)c1. The minimum Gasteiger partial charge on any atom is -0.493 e. The molecular formula is C17H15ClF3NO2. The fourth-order valence-electron chi connectivity index (χ4n) is 2.22. The number of carbonyl (C=O) groups excluding carboxylic acids is 1. The van der Waals surface area contributed by atoms with E-state index in [1.807, 2.05) is 0 Å². The molecule has 0 radical (unpaired) electrons. The van der Waals surface area contributed by atoms with Crippen LogP contribution in [-0.2, 0) is 6.18 Å². The van der Waals surface area contributed by atoms with E-state index in [0.717, 1.165) is 12.1 Å². The van der Waals surface area contributed by atoms with Crippen molar-refractivity contribution in [2.75, 3.05) is 11.9 Å². The first-order valence-corrected chi connectivity index (χ1v) is 7.52. The number of nitrogens with one attached hydrogen (secondary N) is 1. The molecule has 0 aliphatic rings. The highest BCUT2D eigenvalue weighted by Crippen LogP contribution is 2.36. The molecule has 0 heterocycles. The van der Waals surface area contributed by atoms with Crippen molar-refractivity contribution >= 4 is 23.2 Å². The summed E-state index contributed by atoms with van der Waals surface area (Å²) in [6.07, 6.45) is -4.60. The van der Waals surface area contributed by atoms with E-state index in [0.29, 0.717) is 17.9 Å². The van der Waals surface area contributed by atoms with E-state index in [1.54, 1.807) is 32.0 Å². The quantitative estimate of drug-likeness (QED) is 0.804. The highest BCUT2D eigenvalue weighted by Gasteiger charge is 2.33. The topological polar surface area (TPSA) is 38.3 Å². The number of amides is 1. The number of hydrogen-bond donors (Lipinski definition) is 1. The number of benzene rings is 2. The molecule has 24 heavy (non-hydrogen) atoms. The zero-order chi connectivity index (χ0) is 17.9. The Kier molecular flexibility index (Phi) is 5.39. The van der Waals surface area contributed by atoms with Crippen molar-refractivity contribution in [1.82, 2.24) is 0 Å². The molecule has 7 heteroatoms. The normalized spacial score (nSPS) is 11.2. The maximum atomic E-state index is 12.9. The second-order valence-electron chi connectivity index (χ2n) is 5.03. The van der Waals surface area contributed by atoms with Crippen LogP contribution in [0.4, 0.5) is 18.9 Å². The van der Waals surface area contributed by atoms with Crippen LogP contribution in [0.25, 0.3) is 0 Å². The predicted octanol–water partition coefficient (Wildman–Crippen LogP) is 5.32. The van der Waals surface area contributed by atoms with E-state index >= 15 is 0 Å². The van der Waals surface area contributed by atoms with Gasteiger partial charge in [-0.1, -0.05) is 23.7 Å². The number of rotatable bonds is 4. The highest BCUT2D eigenvalue weighted by molar-refractivity contribution is 6.31. The van der Waals surface area contributed by atoms with Gasteiger partial charge in [-0.05, 0) is 43.7 Å². The van der Waals surface area contributed by atoms with E-state index < -0.39 is 22.7 Å².